The molecule has 4 aromatic carbocycles. The monoisotopic (exact) mass is 655 g/mol. The second-order valence-corrected chi connectivity index (χ2v) is 12.7. The van der Waals surface area contributed by atoms with Crippen molar-refractivity contribution in [3.8, 4) is 17.1 Å². The molecule has 0 N–H and O–H groups in total. The third kappa shape index (κ3) is 7.22. The minimum Gasteiger partial charge on any atom is -0.333 e. The van der Waals surface area contributed by atoms with Crippen molar-refractivity contribution in [1.82, 2.24) is 24.6 Å². The summed E-state index contributed by atoms with van der Waals surface area (Å²) in [6.45, 7) is 1.11. The Balaban J connectivity index is 1.22. The van der Waals surface area contributed by atoms with Gasteiger partial charge in [-0.2, -0.15) is 0 Å². The van der Waals surface area contributed by atoms with Gasteiger partial charge in [0.05, 0.1) is 16.5 Å². The molecule has 0 saturated heterocycles. The highest BCUT2D eigenvalue weighted by molar-refractivity contribution is 7.98. The van der Waals surface area contributed by atoms with Gasteiger partial charge in [-0.1, -0.05) is 114 Å². The second kappa shape index (κ2) is 14.2. The van der Waals surface area contributed by atoms with Gasteiger partial charge in [0.25, 0.3) is 5.91 Å². The van der Waals surface area contributed by atoms with E-state index in [1.807, 2.05) is 112 Å². The van der Waals surface area contributed by atoms with Crippen molar-refractivity contribution in [3.05, 3.63) is 146 Å². The lowest BCUT2D eigenvalue weighted by Gasteiger charge is -2.22. The van der Waals surface area contributed by atoms with E-state index >= 15 is 0 Å². The Hall–Kier alpha value is -3.95. The molecule has 0 aliphatic heterocycles. The minimum atomic E-state index is -0.0830. The molecule has 0 aliphatic rings. The van der Waals surface area contributed by atoms with Gasteiger partial charge in [0.1, 0.15) is 10.7 Å². The molecule has 6 nitrogen and oxygen atoms in total. The Morgan fingerprint density at radius 1 is 0.841 bits per heavy atom. The average molecular weight is 657 g/mol. The molecule has 0 fully saturated rings. The van der Waals surface area contributed by atoms with Crippen LogP contribution in [0.1, 0.15) is 26.6 Å². The summed E-state index contributed by atoms with van der Waals surface area (Å²) in [7, 11) is 0. The summed E-state index contributed by atoms with van der Waals surface area (Å²) in [4.78, 5) is 20.4. The molecule has 0 aliphatic carbocycles. The van der Waals surface area contributed by atoms with Crippen molar-refractivity contribution in [2.24, 2.45) is 0 Å². The number of amides is 1. The smallest absolute Gasteiger partial charge is 0.273 e. The Labute approximate surface area is 274 Å². The van der Waals surface area contributed by atoms with E-state index in [1.165, 1.54) is 28.7 Å². The molecule has 0 saturated carbocycles. The number of halogens is 2. The number of carbonyl (C=O) groups excluding carboxylic acids is 1. The van der Waals surface area contributed by atoms with Crippen LogP contribution in [0.2, 0.25) is 10.0 Å². The predicted octanol–water partition coefficient (Wildman–Crippen LogP) is 8.88. The Kier molecular flexibility index (Phi) is 9.73. The number of hydrogen-bond acceptors (Lipinski definition) is 6. The normalized spacial score (nSPS) is 11.0. The third-order valence-corrected chi connectivity index (χ3v) is 9.46. The molecular formula is C34H27Cl2N5OS2. The summed E-state index contributed by atoms with van der Waals surface area (Å²) in [5, 5.41) is 13.5. The lowest BCUT2D eigenvalue weighted by atomic mass is 10.1. The summed E-state index contributed by atoms with van der Waals surface area (Å²) in [5.41, 5.74) is 4.31. The quantitative estimate of drug-likeness (QED) is 0.130. The predicted molar refractivity (Wildman–Crippen MR) is 180 cm³/mol. The SMILES string of the molecule is O=C(c1csc(CSc2nnc(-c3ccccc3Cl)n2-c2cccc(Cl)c2)n1)N(CCc1ccccc1)Cc1ccccc1. The van der Waals surface area contributed by atoms with Crippen LogP contribution in [-0.2, 0) is 18.7 Å². The van der Waals surface area contributed by atoms with Gasteiger partial charge in [-0.05, 0) is 47.9 Å². The van der Waals surface area contributed by atoms with Crippen molar-refractivity contribution in [3.63, 3.8) is 0 Å². The zero-order chi connectivity index (χ0) is 30.3. The van der Waals surface area contributed by atoms with Crippen LogP contribution in [0.5, 0.6) is 0 Å². The van der Waals surface area contributed by atoms with Crippen molar-refractivity contribution in [1.29, 1.82) is 0 Å². The fourth-order valence-corrected chi connectivity index (χ4v) is 6.90. The van der Waals surface area contributed by atoms with Gasteiger partial charge in [0.2, 0.25) is 0 Å². The van der Waals surface area contributed by atoms with Gasteiger partial charge in [0.15, 0.2) is 11.0 Å². The van der Waals surface area contributed by atoms with Crippen LogP contribution in [0.25, 0.3) is 17.1 Å². The summed E-state index contributed by atoms with van der Waals surface area (Å²) in [6, 6.07) is 35.3. The topological polar surface area (TPSA) is 63.9 Å². The number of nitrogens with zero attached hydrogens (tertiary/aromatic N) is 5. The zero-order valence-corrected chi connectivity index (χ0v) is 26.7. The van der Waals surface area contributed by atoms with Crippen LogP contribution in [0.3, 0.4) is 0 Å². The second-order valence-electron chi connectivity index (χ2n) is 9.96. The van der Waals surface area contributed by atoms with Gasteiger partial charge in [-0.15, -0.1) is 21.5 Å². The zero-order valence-electron chi connectivity index (χ0n) is 23.5. The lowest BCUT2D eigenvalue weighted by Crippen LogP contribution is -2.32. The van der Waals surface area contributed by atoms with E-state index in [0.717, 1.165) is 28.2 Å². The first-order valence-corrected chi connectivity index (χ1v) is 16.6. The first-order valence-electron chi connectivity index (χ1n) is 14.0. The highest BCUT2D eigenvalue weighted by Crippen LogP contribution is 2.34. The van der Waals surface area contributed by atoms with Gasteiger partial charge < -0.3 is 4.90 Å². The Morgan fingerprint density at radius 2 is 1.57 bits per heavy atom. The molecule has 1 amide bonds. The molecule has 0 spiro atoms. The fraction of sp³-hybridized carbons (Fsp3) is 0.118. The molecule has 0 unspecified atom stereocenters. The van der Waals surface area contributed by atoms with Gasteiger partial charge in [0, 0.05) is 29.1 Å². The van der Waals surface area contributed by atoms with E-state index in [1.54, 1.807) is 0 Å². The summed E-state index contributed by atoms with van der Waals surface area (Å²) >= 11 is 15.8. The van der Waals surface area contributed by atoms with Crippen LogP contribution < -0.4 is 0 Å². The average Bonchev–Trinajstić information content (AvgIpc) is 3.70. The first kappa shape index (κ1) is 30.1. The number of hydrogen-bond donors (Lipinski definition) is 0. The van der Waals surface area contributed by atoms with E-state index in [9.17, 15) is 4.79 Å². The van der Waals surface area contributed by atoms with Gasteiger partial charge in [-0.25, -0.2) is 4.98 Å². The van der Waals surface area contributed by atoms with Crippen LogP contribution in [-0.4, -0.2) is 37.1 Å². The van der Waals surface area contributed by atoms with E-state index in [0.29, 0.717) is 45.6 Å². The van der Waals surface area contributed by atoms with Crippen LogP contribution in [0.15, 0.2) is 120 Å². The first-order chi connectivity index (χ1) is 21.5. The highest BCUT2D eigenvalue weighted by atomic mass is 35.5. The molecular weight excluding hydrogens is 629 g/mol. The van der Waals surface area contributed by atoms with Crippen LogP contribution >= 0.6 is 46.3 Å². The molecule has 44 heavy (non-hydrogen) atoms. The number of carbonyl (C=O) groups is 1. The lowest BCUT2D eigenvalue weighted by molar-refractivity contribution is 0.0740. The maximum absolute atomic E-state index is 13.7. The molecule has 0 bridgehead atoms. The van der Waals surface area contributed by atoms with E-state index in [-0.39, 0.29) is 5.91 Å². The summed E-state index contributed by atoms with van der Waals surface area (Å²) in [6.07, 6.45) is 0.763. The molecule has 2 heterocycles. The Morgan fingerprint density at radius 3 is 2.32 bits per heavy atom. The van der Waals surface area contributed by atoms with Crippen molar-refractivity contribution in [2.45, 2.75) is 23.9 Å². The molecule has 220 valence electrons. The summed E-state index contributed by atoms with van der Waals surface area (Å²) in [5.74, 6) is 1.05. The van der Waals surface area contributed by atoms with Crippen molar-refractivity contribution < 1.29 is 4.79 Å². The summed E-state index contributed by atoms with van der Waals surface area (Å²) < 4.78 is 1.95. The number of rotatable bonds is 11. The maximum atomic E-state index is 13.7. The van der Waals surface area contributed by atoms with Gasteiger partial charge in [-0.3, -0.25) is 9.36 Å². The fourth-order valence-electron chi connectivity index (χ4n) is 4.76. The maximum Gasteiger partial charge on any atom is 0.273 e. The standard InChI is InChI=1S/C34H27Cl2N5OS2/c35-26-14-9-15-27(20-26)41-32(28-16-7-8-17-29(28)36)38-39-34(41)44-23-31-37-30(22-43-31)33(42)40(21-25-12-5-2-6-13-25)19-18-24-10-3-1-4-11-24/h1-17,20,22H,18-19,21,23H2. The molecule has 6 aromatic rings. The molecule has 6 rings (SSSR count). The highest BCUT2D eigenvalue weighted by Gasteiger charge is 2.22. The van der Waals surface area contributed by atoms with Crippen molar-refractivity contribution in [2.75, 3.05) is 6.54 Å². The molecule has 2 aromatic heterocycles. The van der Waals surface area contributed by atoms with E-state index in [2.05, 4.69) is 22.3 Å². The van der Waals surface area contributed by atoms with E-state index in [4.69, 9.17) is 28.2 Å². The van der Waals surface area contributed by atoms with Crippen LogP contribution in [0, 0.1) is 0 Å². The van der Waals surface area contributed by atoms with Gasteiger partial charge >= 0.3 is 0 Å². The molecule has 0 radical (unpaired) electrons. The third-order valence-electron chi connectivity index (χ3n) is 6.93. The number of aromatic nitrogens is 4. The number of thioether (sulfide) groups is 1. The number of benzene rings is 4. The Bertz CT molecular complexity index is 1860. The molecule has 0 atom stereocenters. The van der Waals surface area contributed by atoms with E-state index < -0.39 is 0 Å². The minimum absolute atomic E-state index is 0.0830. The molecule has 10 heteroatoms. The number of thiazole rings is 1. The largest absolute Gasteiger partial charge is 0.333 e. The van der Waals surface area contributed by atoms with Crippen LogP contribution in [0.4, 0.5) is 0 Å². The van der Waals surface area contributed by atoms with Crippen molar-refractivity contribution >= 4 is 52.2 Å².